The van der Waals surface area contributed by atoms with E-state index in [0.29, 0.717) is 51.2 Å². The minimum Gasteiger partial charge on any atom is -0.381 e. The standard InChI is InChI=1S/C58H24N12/c59-23-33-7-11-39(12-8-33)49-55-45(31-67)51(47-5-1-3-15-69-47)53(43(29-65)41-19-35(25-61)17-36(20-41)26-62)57(55)50(40-13-9-34(24-60)10-14-40)58-54(44(30-66)42-21-37(27-63)18-38(22-42)28-64)52(46(32-68)56(49)58)48-6-2-4-16-70-48/h1-15,17-22,70H,16H2/b53-43+,54-44+. The number of hydrogen-bond donors (Lipinski definition) is 1. The van der Waals surface area contributed by atoms with Crippen molar-refractivity contribution in [3.8, 4) is 82.9 Å². The molecular weight excluding hydrogens is 865 g/mol. The number of dihydropyridines is 1. The van der Waals surface area contributed by atoms with Gasteiger partial charge in [0.25, 0.3) is 0 Å². The number of nitrogens with zero attached hydrogens (tertiary/aromatic N) is 11. The Balaban J connectivity index is 1.65. The molecule has 12 nitrogen and oxygen atoms in total. The van der Waals surface area contributed by atoms with Crippen LogP contribution in [0.25, 0.3) is 61.3 Å². The molecule has 12 heteroatoms. The van der Waals surface area contributed by atoms with Gasteiger partial charge in [0.05, 0.1) is 97.8 Å². The second kappa shape index (κ2) is 18.1. The van der Waals surface area contributed by atoms with E-state index in [-0.39, 0.29) is 100 Å². The van der Waals surface area contributed by atoms with Crippen LogP contribution in [-0.4, -0.2) is 11.5 Å². The largest absolute Gasteiger partial charge is 0.381 e. The molecule has 0 radical (unpaired) electrons. The van der Waals surface area contributed by atoms with Gasteiger partial charge in [0.2, 0.25) is 0 Å². The van der Waals surface area contributed by atoms with Crippen LogP contribution in [-0.2, 0) is 0 Å². The van der Waals surface area contributed by atoms with Gasteiger partial charge in [-0.25, -0.2) is 0 Å². The van der Waals surface area contributed by atoms with Crippen molar-refractivity contribution in [3.05, 3.63) is 211 Å². The molecule has 0 saturated carbocycles. The summed E-state index contributed by atoms with van der Waals surface area (Å²) in [6.07, 6.45) is 6.95. The molecule has 316 valence electrons. The number of aromatic nitrogens is 1. The third-order valence-corrected chi connectivity index (χ3v) is 12.0. The highest BCUT2D eigenvalue weighted by Crippen LogP contribution is 2.62. The number of nitrogens with one attached hydrogen (secondary N) is 1. The second-order valence-corrected chi connectivity index (χ2v) is 15.7. The maximum Gasteiger partial charge on any atom is 0.101 e. The molecule has 0 bridgehead atoms. The van der Waals surface area contributed by atoms with Crippen molar-refractivity contribution in [2.45, 2.75) is 0 Å². The maximum atomic E-state index is 11.7. The average molecular weight is 889 g/mol. The van der Waals surface area contributed by atoms with Crippen LogP contribution >= 0.6 is 0 Å². The summed E-state index contributed by atoms with van der Waals surface area (Å²) in [4.78, 5) is 4.71. The quantitative estimate of drug-likeness (QED) is 0.153. The minimum absolute atomic E-state index is 0.0317. The number of rotatable bonds is 6. The number of pyridine rings is 1. The Morgan fingerprint density at radius 1 is 0.443 bits per heavy atom. The zero-order chi connectivity index (χ0) is 49.1. The molecule has 2 aliphatic carbocycles. The molecule has 0 amide bonds. The molecule has 0 spiro atoms. The van der Waals surface area contributed by atoms with Crippen LogP contribution in [0.3, 0.4) is 0 Å². The first kappa shape index (κ1) is 43.6. The van der Waals surface area contributed by atoms with Crippen molar-refractivity contribution in [1.82, 2.24) is 10.3 Å². The molecule has 0 saturated heterocycles. The Kier molecular flexibility index (Phi) is 11.3. The predicted octanol–water partition coefficient (Wildman–Crippen LogP) is 10.3. The maximum absolute atomic E-state index is 11.7. The molecule has 9 rings (SSSR count). The van der Waals surface area contributed by atoms with Crippen molar-refractivity contribution < 1.29 is 0 Å². The van der Waals surface area contributed by atoms with Gasteiger partial charge in [-0.3, -0.25) is 4.98 Å². The topological polar surface area (TPSA) is 263 Å². The molecule has 5 aromatic carbocycles. The lowest BCUT2D eigenvalue weighted by molar-refractivity contribution is 0.913. The number of nitriles is 10. The van der Waals surface area contributed by atoms with E-state index in [0.717, 1.165) is 0 Å². The molecule has 1 aromatic heterocycles. The highest BCUT2D eigenvalue weighted by atomic mass is 14.9. The second-order valence-electron chi connectivity index (χ2n) is 15.7. The van der Waals surface area contributed by atoms with Gasteiger partial charge in [-0.05, 0) is 107 Å². The van der Waals surface area contributed by atoms with Crippen LogP contribution in [0.2, 0.25) is 0 Å². The monoisotopic (exact) mass is 888 g/mol. The summed E-state index contributed by atoms with van der Waals surface area (Å²) in [6, 6.07) is 49.2. The Bertz CT molecular complexity index is 3950. The summed E-state index contributed by atoms with van der Waals surface area (Å²) in [5.74, 6) is 0. The average Bonchev–Trinajstić information content (AvgIpc) is 3.93. The van der Waals surface area contributed by atoms with Crippen LogP contribution < -0.4 is 5.32 Å². The van der Waals surface area contributed by atoms with E-state index in [1.807, 2.05) is 6.08 Å². The molecule has 1 N–H and O–H groups in total. The third-order valence-electron chi connectivity index (χ3n) is 12.0. The Morgan fingerprint density at radius 3 is 1.27 bits per heavy atom. The van der Waals surface area contributed by atoms with E-state index in [4.69, 9.17) is 4.98 Å². The molecule has 3 aliphatic rings. The first-order valence-electron chi connectivity index (χ1n) is 21.1. The lowest BCUT2D eigenvalue weighted by Gasteiger charge is -2.24. The number of allylic oxidation sites excluding steroid dienone is 9. The van der Waals surface area contributed by atoms with Gasteiger partial charge in [-0.1, -0.05) is 42.5 Å². The van der Waals surface area contributed by atoms with Crippen LogP contribution in [0.1, 0.15) is 72.5 Å². The van der Waals surface area contributed by atoms with E-state index < -0.39 is 0 Å². The van der Waals surface area contributed by atoms with Gasteiger partial charge in [-0.2, -0.15) is 52.6 Å². The SMILES string of the molecule is N#CC1=C(C2=CC=CCN2)/C(=C(/C#N)c2cc(C#N)cc(C#N)c2)c2c1c(-c1ccc(C#N)cc1)c1c(c2-c2ccc(C#N)cc2)/C(=C(\C#N)c2cc(C#N)cc(C#N)c2)C(c2ccccn2)=C1C#N. The predicted molar refractivity (Wildman–Crippen MR) is 258 cm³/mol. The van der Waals surface area contributed by atoms with Crippen molar-refractivity contribution in [2.24, 2.45) is 0 Å². The third kappa shape index (κ3) is 7.07. The van der Waals surface area contributed by atoms with Crippen LogP contribution in [0.4, 0.5) is 0 Å². The summed E-state index contributed by atoms with van der Waals surface area (Å²) in [5, 5.41) is 111. The van der Waals surface area contributed by atoms with Crippen molar-refractivity contribution in [2.75, 3.05) is 6.54 Å². The van der Waals surface area contributed by atoms with Gasteiger partial charge >= 0.3 is 0 Å². The lowest BCUT2D eigenvalue weighted by Crippen LogP contribution is -2.18. The normalized spacial score (nSPS) is 14.2. The molecule has 70 heavy (non-hydrogen) atoms. The van der Waals surface area contributed by atoms with Gasteiger partial charge in [0, 0.05) is 68.5 Å². The first-order valence-corrected chi connectivity index (χ1v) is 21.1. The highest BCUT2D eigenvalue weighted by Gasteiger charge is 2.44. The summed E-state index contributed by atoms with van der Waals surface area (Å²) in [6.45, 7) is 0.336. The van der Waals surface area contributed by atoms with E-state index >= 15 is 0 Å². The summed E-state index contributed by atoms with van der Waals surface area (Å²) in [5.41, 5.74) is 5.57. The van der Waals surface area contributed by atoms with Crippen LogP contribution in [0.15, 0.2) is 139 Å². The zero-order valence-electron chi connectivity index (χ0n) is 36.3. The molecule has 0 unspecified atom stereocenters. The molecule has 0 atom stereocenters. The smallest absolute Gasteiger partial charge is 0.101 e. The fourth-order valence-corrected chi connectivity index (χ4v) is 9.22. The van der Waals surface area contributed by atoms with Gasteiger partial charge in [0.15, 0.2) is 0 Å². The lowest BCUT2D eigenvalue weighted by atomic mass is 9.77. The van der Waals surface area contributed by atoms with Crippen molar-refractivity contribution >= 4 is 39.0 Å². The molecule has 6 aromatic rings. The molecular formula is C58H24N12. The van der Waals surface area contributed by atoms with Crippen molar-refractivity contribution in [3.63, 3.8) is 0 Å². The Morgan fingerprint density at radius 2 is 0.886 bits per heavy atom. The molecule has 2 heterocycles. The van der Waals surface area contributed by atoms with Gasteiger partial charge in [-0.15, -0.1) is 0 Å². The van der Waals surface area contributed by atoms with Gasteiger partial charge in [0.1, 0.15) is 24.3 Å². The first-order chi connectivity index (χ1) is 34.3. The number of benzene rings is 5. The summed E-state index contributed by atoms with van der Waals surface area (Å²) < 4.78 is 0. The van der Waals surface area contributed by atoms with E-state index in [1.165, 1.54) is 42.6 Å². The Hall–Kier alpha value is -11.6. The highest BCUT2D eigenvalue weighted by molar-refractivity contribution is 6.35. The van der Waals surface area contributed by atoms with E-state index in [1.54, 1.807) is 78.9 Å². The number of fused-ring (bicyclic) bond motifs is 2. The van der Waals surface area contributed by atoms with Crippen molar-refractivity contribution in [1.29, 1.82) is 52.6 Å². The van der Waals surface area contributed by atoms with Gasteiger partial charge < -0.3 is 5.32 Å². The fraction of sp³-hybridized carbons (Fsp3) is 0.0172. The zero-order valence-corrected chi connectivity index (χ0v) is 36.3. The summed E-state index contributed by atoms with van der Waals surface area (Å²) in [7, 11) is 0. The van der Waals surface area contributed by atoms with Crippen LogP contribution in [0, 0.1) is 113 Å². The summed E-state index contributed by atoms with van der Waals surface area (Å²) >= 11 is 0. The minimum atomic E-state index is -0.0544. The van der Waals surface area contributed by atoms with E-state index in [2.05, 4.69) is 66.0 Å². The molecule has 0 fully saturated rings. The molecule has 1 aliphatic heterocycles. The fourth-order valence-electron chi connectivity index (χ4n) is 9.22. The number of hydrogen-bond acceptors (Lipinski definition) is 12. The Labute approximate surface area is 401 Å². The van der Waals surface area contributed by atoms with E-state index in [9.17, 15) is 52.6 Å². The van der Waals surface area contributed by atoms with Crippen LogP contribution in [0.5, 0.6) is 0 Å².